The monoisotopic (exact) mass is 374 g/mol. The quantitative estimate of drug-likeness (QED) is 0.773. The van der Waals surface area contributed by atoms with Crippen LogP contribution in [0, 0.1) is 13.8 Å². The molecule has 2 aromatic rings. The molecule has 0 aliphatic heterocycles. The van der Waals surface area contributed by atoms with Crippen molar-refractivity contribution in [1.82, 2.24) is 9.62 Å². The lowest BCUT2D eigenvalue weighted by atomic mass is 10.1. The predicted molar refractivity (Wildman–Crippen MR) is 104 cm³/mol. The maximum atomic E-state index is 12.1. The molecule has 140 valence electrons. The molecule has 2 aromatic carbocycles. The second-order valence-corrected chi connectivity index (χ2v) is 8.52. The molecule has 0 heterocycles. The number of rotatable bonds is 8. The fourth-order valence-corrected chi connectivity index (χ4v) is 3.36. The summed E-state index contributed by atoms with van der Waals surface area (Å²) in [7, 11) is -3.39. The van der Waals surface area contributed by atoms with Gasteiger partial charge >= 0.3 is 0 Å². The average molecular weight is 375 g/mol. The Hall–Kier alpha value is -2.18. The molecule has 1 N–H and O–H groups in total. The molecule has 0 aliphatic carbocycles. The van der Waals surface area contributed by atoms with E-state index in [9.17, 15) is 13.2 Å². The van der Waals surface area contributed by atoms with Gasteiger partial charge in [0, 0.05) is 26.1 Å². The lowest BCUT2D eigenvalue weighted by molar-refractivity contribution is -0.121. The molecule has 0 aliphatic rings. The van der Waals surface area contributed by atoms with Crippen molar-refractivity contribution >= 4 is 15.9 Å². The van der Waals surface area contributed by atoms with E-state index >= 15 is 0 Å². The molecule has 2 rings (SSSR count). The standard InChI is InChI=1S/C20H26N2O3S/c1-16-8-10-18(11-9-16)14-21-20(23)12-13-22(26(3,24)25)15-19-7-5-4-6-17(19)2/h4-11H,12-15H2,1-3H3,(H,21,23). The molecule has 0 radical (unpaired) electrons. The molecule has 0 bridgehead atoms. The molecule has 26 heavy (non-hydrogen) atoms. The predicted octanol–water partition coefficient (Wildman–Crippen LogP) is 2.77. The fraction of sp³-hybridized carbons (Fsp3) is 0.350. The molecule has 0 saturated carbocycles. The highest BCUT2D eigenvalue weighted by molar-refractivity contribution is 7.88. The number of hydrogen-bond acceptors (Lipinski definition) is 3. The number of hydrogen-bond donors (Lipinski definition) is 1. The van der Waals surface area contributed by atoms with Crippen molar-refractivity contribution in [3.8, 4) is 0 Å². The summed E-state index contributed by atoms with van der Waals surface area (Å²) >= 11 is 0. The highest BCUT2D eigenvalue weighted by Gasteiger charge is 2.19. The van der Waals surface area contributed by atoms with Crippen molar-refractivity contribution in [3.05, 3.63) is 70.8 Å². The van der Waals surface area contributed by atoms with Gasteiger partial charge < -0.3 is 5.32 Å². The second-order valence-electron chi connectivity index (χ2n) is 6.54. The Morgan fingerprint density at radius 2 is 1.69 bits per heavy atom. The van der Waals surface area contributed by atoms with Gasteiger partial charge in [-0.1, -0.05) is 54.1 Å². The van der Waals surface area contributed by atoms with Gasteiger partial charge in [0.1, 0.15) is 0 Å². The van der Waals surface area contributed by atoms with E-state index in [0.717, 1.165) is 16.7 Å². The van der Waals surface area contributed by atoms with Crippen LogP contribution in [0.4, 0.5) is 0 Å². The van der Waals surface area contributed by atoms with Gasteiger partial charge in [0.05, 0.1) is 6.26 Å². The molecular formula is C20H26N2O3S. The van der Waals surface area contributed by atoms with Crippen molar-refractivity contribution in [2.45, 2.75) is 33.4 Å². The largest absolute Gasteiger partial charge is 0.352 e. The second kappa shape index (κ2) is 8.96. The molecule has 0 fully saturated rings. The van der Waals surface area contributed by atoms with E-state index in [1.54, 1.807) is 0 Å². The minimum Gasteiger partial charge on any atom is -0.352 e. The molecule has 0 aromatic heterocycles. The zero-order valence-corrected chi connectivity index (χ0v) is 16.3. The van der Waals surface area contributed by atoms with Crippen LogP contribution in [0.1, 0.15) is 28.7 Å². The van der Waals surface area contributed by atoms with Crippen LogP contribution in [0.2, 0.25) is 0 Å². The lowest BCUT2D eigenvalue weighted by Crippen LogP contribution is -2.34. The van der Waals surface area contributed by atoms with Crippen molar-refractivity contribution < 1.29 is 13.2 Å². The van der Waals surface area contributed by atoms with E-state index in [4.69, 9.17) is 0 Å². The van der Waals surface area contributed by atoms with Crippen LogP contribution < -0.4 is 5.32 Å². The van der Waals surface area contributed by atoms with Gasteiger partial charge in [-0.2, -0.15) is 4.31 Å². The van der Waals surface area contributed by atoms with E-state index in [1.165, 1.54) is 16.1 Å². The number of amides is 1. The van der Waals surface area contributed by atoms with Gasteiger partial charge in [0.2, 0.25) is 15.9 Å². The van der Waals surface area contributed by atoms with E-state index in [-0.39, 0.29) is 25.4 Å². The number of carbonyl (C=O) groups excluding carboxylic acids is 1. The summed E-state index contributed by atoms with van der Waals surface area (Å²) < 4.78 is 25.5. The van der Waals surface area contributed by atoms with Gasteiger partial charge in [-0.25, -0.2) is 8.42 Å². The Bertz CT molecular complexity index is 846. The molecule has 0 saturated heterocycles. The molecule has 0 atom stereocenters. The number of aryl methyl sites for hydroxylation is 2. The number of nitrogens with zero attached hydrogens (tertiary/aromatic N) is 1. The molecule has 5 nitrogen and oxygen atoms in total. The first kappa shape index (κ1) is 20.1. The van der Waals surface area contributed by atoms with Gasteiger partial charge in [-0.15, -0.1) is 0 Å². The van der Waals surface area contributed by atoms with Gasteiger partial charge in [-0.05, 0) is 30.5 Å². The van der Waals surface area contributed by atoms with Gasteiger partial charge in [0.15, 0.2) is 0 Å². The van der Waals surface area contributed by atoms with Crippen molar-refractivity contribution in [1.29, 1.82) is 0 Å². The van der Waals surface area contributed by atoms with Crippen LogP contribution in [0.5, 0.6) is 0 Å². The minimum absolute atomic E-state index is 0.130. The Morgan fingerprint density at radius 1 is 1.04 bits per heavy atom. The highest BCUT2D eigenvalue weighted by Crippen LogP contribution is 2.13. The van der Waals surface area contributed by atoms with Crippen molar-refractivity contribution in [2.75, 3.05) is 12.8 Å². The van der Waals surface area contributed by atoms with Crippen LogP contribution >= 0.6 is 0 Å². The zero-order valence-electron chi connectivity index (χ0n) is 15.5. The highest BCUT2D eigenvalue weighted by atomic mass is 32.2. The van der Waals surface area contributed by atoms with Gasteiger partial charge in [0.25, 0.3) is 0 Å². The summed E-state index contributed by atoms with van der Waals surface area (Å²) in [6, 6.07) is 15.6. The topological polar surface area (TPSA) is 66.5 Å². The number of carbonyl (C=O) groups is 1. The first-order chi connectivity index (χ1) is 12.3. The number of benzene rings is 2. The third-order valence-corrected chi connectivity index (χ3v) is 5.53. The normalized spacial score (nSPS) is 11.5. The summed E-state index contributed by atoms with van der Waals surface area (Å²) in [6.07, 6.45) is 1.31. The van der Waals surface area contributed by atoms with E-state index in [2.05, 4.69) is 5.32 Å². The smallest absolute Gasteiger partial charge is 0.221 e. The third-order valence-electron chi connectivity index (χ3n) is 4.28. The molecule has 1 amide bonds. The summed E-state index contributed by atoms with van der Waals surface area (Å²) in [5.41, 5.74) is 4.16. The maximum Gasteiger partial charge on any atom is 0.221 e. The SMILES string of the molecule is Cc1ccc(CNC(=O)CCN(Cc2ccccc2C)S(C)(=O)=O)cc1. The Morgan fingerprint density at radius 3 is 2.31 bits per heavy atom. The third kappa shape index (κ3) is 6.28. The minimum atomic E-state index is -3.39. The first-order valence-corrected chi connectivity index (χ1v) is 10.4. The van der Waals surface area contributed by atoms with Crippen LogP contribution in [0.25, 0.3) is 0 Å². The Labute approximate surface area is 156 Å². The van der Waals surface area contributed by atoms with E-state index in [0.29, 0.717) is 6.54 Å². The molecule has 6 heteroatoms. The van der Waals surface area contributed by atoms with Crippen molar-refractivity contribution in [2.24, 2.45) is 0 Å². The lowest BCUT2D eigenvalue weighted by Gasteiger charge is -2.20. The summed E-state index contributed by atoms with van der Waals surface area (Å²) in [6.45, 7) is 4.83. The van der Waals surface area contributed by atoms with Crippen LogP contribution in [0.15, 0.2) is 48.5 Å². The van der Waals surface area contributed by atoms with Crippen molar-refractivity contribution in [3.63, 3.8) is 0 Å². The van der Waals surface area contributed by atoms with Crippen LogP contribution in [-0.4, -0.2) is 31.4 Å². The van der Waals surface area contributed by atoms with Gasteiger partial charge in [-0.3, -0.25) is 4.79 Å². The van der Waals surface area contributed by atoms with E-state index < -0.39 is 10.0 Å². The zero-order chi connectivity index (χ0) is 19.2. The summed E-state index contributed by atoms with van der Waals surface area (Å²) in [4.78, 5) is 12.1. The van der Waals surface area contributed by atoms with Crippen LogP contribution in [0.3, 0.4) is 0 Å². The molecule has 0 spiro atoms. The fourth-order valence-electron chi connectivity index (χ4n) is 2.56. The number of sulfonamides is 1. The molecular weight excluding hydrogens is 348 g/mol. The van der Waals surface area contributed by atoms with Crippen LogP contribution in [-0.2, 0) is 27.9 Å². The average Bonchev–Trinajstić information content (AvgIpc) is 2.58. The number of nitrogens with one attached hydrogen (secondary N) is 1. The summed E-state index contributed by atoms with van der Waals surface area (Å²) in [5.74, 6) is -0.163. The molecule has 0 unspecified atom stereocenters. The Balaban J connectivity index is 1.91. The maximum absolute atomic E-state index is 12.1. The first-order valence-electron chi connectivity index (χ1n) is 8.57. The summed E-state index contributed by atoms with van der Waals surface area (Å²) in [5, 5.41) is 2.84. The Kier molecular flexibility index (Phi) is 6.94. The van der Waals surface area contributed by atoms with E-state index in [1.807, 2.05) is 62.4 Å².